The van der Waals surface area contributed by atoms with Gasteiger partial charge >= 0.3 is 26.2 Å². The van der Waals surface area contributed by atoms with Gasteiger partial charge in [0.25, 0.3) is 0 Å². The summed E-state index contributed by atoms with van der Waals surface area (Å²) in [5.74, 6) is 0.420. The number of benzene rings is 2. The van der Waals surface area contributed by atoms with Crippen molar-refractivity contribution < 1.29 is 51.0 Å². The average Bonchev–Trinajstić information content (AvgIpc) is 3.37. The fourth-order valence-electron chi connectivity index (χ4n) is 5.74. The number of halogens is 2. The first-order valence-electron chi connectivity index (χ1n) is 12.2. The van der Waals surface area contributed by atoms with Gasteiger partial charge in [-0.2, -0.15) is 0 Å². The van der Waals surface area contributed by atoms with Crippen LogP contribution >= 0.6 is 0 Å². The molecule has 0 bridgehead atoms. The first-order chi connectivity index (χ1) is 15.0. The number of allylic oxidation sites excluding steroid dienone is 5. The molecule has 186 valence electrons. The molecule has 0 spiro atoms. The third kappa shape index (κ3) is 6.00. The minimum Gasteiger partial charge on any atom is -1.00 e. The Morgan fingerprint density at radius 2 is 1.46 bits per heavy atom. The second-order valence-corrected chi connectivity index (χ2v) is 12.1. The van der Waals surface area contributed by atoms with Gasteiger partial charge in [0.2, 0.25) is 0 Å². The normalized spacial score (nSPS) is 15.9. The van der Waals surface area contributed by atoms with Crippen molar-refractivity contribution in [2.45, 2.75) is 84.0 Å². The standard InChI is InChI=1S/C32H40.2ClH.Zr/c1-9-10-19-32(8,23-13-11-12-14-23)29-27-21-22-20-24(30(2,3)4)15-16-25(22)26(27)17-18-28(29)31(5,6)7;;;/h9,11-18,20,23H,1,10,19,21H2,2-8H3;2*1H;/q;;;+2/p-2. The van der Waals surface area contributed by atoms with E-state index >= 15 is 0 Å². The first kappa shape index (κ1) is 32.2. The topological polar surface area (TPSA) is 0 Å². The molecule has 0 saturated heterocycles. The van der Waals surface area contributed by atoms with Gasteiger partial charge in [-0.3, -0.25) is 0 Å². The van der Waals surface area contributed by atoms with Crippen LogP contribution in [0.25, 0.3) is 11.1 Å². The second kappa shape index (κ2) is 11.7. The Labute approximate surface area is 245 Å². The zero-order valence-electron chi connectivity index (χ0n) is 22.4. The monoisotopic (exact) mass is 584 g/mol. The van der Waals surface area contributed by atoms with E-state index in [1.807, 2.05) is 0 Å². The van der Waals surface area contributed by atoms with Gasteiger partial charge in [0.15, 0.2) is 0 Å². The predicted molar refractivity (Wildman–Crippen MR) is 141 cm³/mol. The summed E-state index contributed by atoms with van der Waals surface area (Å²) in [4.78, 5) is 0. The summed E-state index contributed by atoms with van der Waals surface area (Å²) >= 11 is 0. The fraction of sp³-hybridized carbons (Fsp3) is 0.438. The van der Waals surface area contributed by atoms with Gasteiger partial charge in [0, 0.05) is 11.3 Å². The molecule has 0 fully saturated rings. The Balaban J connectivity index is 0.00000204. The van der Waals surface area contributed by atoms with E-state index in [2.05, 4.69) is 116 Å². The van der Waals surface area contributed by atoms with Crippen molar-refractivity contribution in [3.63, 3.8) is 0 Å². The number of rotatable bonds is 5. The summed E-state index contributed by atoms with van der Waals surface area (Å²) in [5.41, 5.74) is 10.7. The smallest absolute Gasteiger partial charge is 1.00 e. The molecule has 0 aliphatic heterocycles. The molecular formula is C32H40Cl2Zr. The fourth-order valence-corrected chi connectivity index (χ4v) is 5.74. The maximum absolute atomic E-state index is 4.06. The molecule has 0 radical (unpaired) electrons. The summed E-state index contributed by atoms with van der Waals surface area (Å²) in [6.07, 6.45) is 14.5. The van der Waals surface area contributed by atoms with Gasteiger partial charge in [-0.15, -0.1) is 6.58 Å². The molecule has 3 heteroatoms. The zero-order valence-corrected chi connectivity index (χ0v) is 26.4. The molecule has 35 heavy (non-hydrogen) atoms. The van der Waals surface area contributed by atoms with E-state index in [0.29, 0.717) is 5.92 Å². The SMILES string of the molecule is C=CCCC(C)(c1c(C(C)(C)C)ccc2c1Cc1cc(C(C)(C)C)ccc1-2)C1C=CC=C1.[Cl-].[Cl-].[Zr+2]. The van der Waals surface area contributed by atoms with Crippen LogP contribution in [-0.2, 0) is 48.9 Å². The molecule has 2 aliphatic rings. The third-order valence-electron chi connectivity index (χ3n) is 7.67. The maximum Gasteiger partial charge on any atom is 2.00 e. The molecule has 0 N–H and O–H groups in total. The third-order valence-corrected chi connectivity index (χ3v) is 7.67. The molecule has 0 heterocycles. The molecule has 0 saturated carbocycles. The molecule has 0 nitrogen and oxygen atoms in total. The van der Waals surface area contributed by atoms with Crippen LogP contribution < -0.4 is 24.8 Å². The maximum atomic E-state index is 4.06. The minimum absolute atomic E-state index is 0. The molecule has 2 aromatic rings. The van der Waals surface area contributed by atoms with Gasteiger partial charge in [-0.05, 0) is 69.0 Å². The van der Waals surface area contributed by atoms with E-state index in [0.717, 1.165) is 19.3 Å². The van der Waals surface area contributed by atoms with Gasteiger partial charge in [0.05, 0.1) is 0 Å². The molecule has 1 atom stereocenters. The quantitative estimate of drug-likeness (QED) is 0.404. The van der Waals surface area contributed by atoms with Crippen molar-refractivity contribution in [2.24, 2.45) is 5.92 Å². The molecule has 4 rings (SSSR count). The Morgan fingerprint density at radius 1 is 0.857 bits per heavy atom. The number of hydrogen-bond donors (Lipinski definition) is 0. The number of hydrogen-bond acceptors (Lipinski definition) is 0. The summed E-state index contributed by atoms with van der Waals surface area (Å²) < 4.78 is 0. The molecule has 1 unspecified atom stereocenters. The van der Waals surface area contributed by atoms with Crippen LogP contribution in [0.1, 0.15) is 89.1 Å². The largest absolute Gasteiger partial charge is 2.00 e. The predicted octanol–water partition coefficient (Wildman–Crippen LogP) is 2.82. The van der Waals surface area contributed by atoms with Gasteiger partial charge < -0.3 is 24.8 Å². The van der Waals surface area contributed by atoms with E-state index in [9.17, 15) is 0 Å². The van der Waals surface area contributed by atoms with Crippen LogP contribution in [0.4, 0.5) is 0 Å². The summed E-state index contributed by atoms with van der Waals surface area (Å²) in [5, 5.41) is 0. The van der Waals surface area contributed by atoms with Crippen LogP contribution in [0.5, 0.6) is 0 Å². The Bertz CT molecular complexity index is 1100. The molecule has 2 aromatic carbocycles. The van der Waals surface area contributed by atoms with Crippen LogP contribution in [0.3, 0.4) is 0 Å². The van der Waals surface area contributed by atoms with Crippen LogP contribution in [0.2, 0.25) is 0 Å². The van der Waals surface area contributed by atoms with E-state index in [1.165, 1.54) is 27.8 Å². The zero-order chi connectivity index (χ0) is 23.3. The van der Waals surface area contributed by atoms with Crippen molar-refractivity contribution in [1.82, 2.24) is 0 Å². The Morgan fingerprint density at radius 3 is 2.00 bits per heavy atom. The average molecular weight is 587 g/mol. The van der Waals surface area contributed by atoms with Crippen LogP contribution in [0, 0.1) is 5.92 Å². The molecule has 2 aliphatic carbocycles. The molecule has 0 aromatic heterocycles. The van der Waals surface area contributed by atoms with Gasteiger partial charge in [-0.25, -0.2) is 0 Å². The van der Waals surface area contributed by atoms with Crippen molar-refractivity contribution in [2.75, 3.05) is 0 Å². The minimum atomic E-state index is 0. The first-order valence-corrected chi connectivity index (χ1v) is 12.2. The van der Waals surface area contributed by atoms with E-state index < -0.39 is 0 Å². The summed E-state index contributed by atoms with van der Waals surface area (Å²) in [6.45, 7) is 20.6. The Hall–Kier alpha value is -0.877. The second-order valence-electron chi connectivity index (χ2n) is 12.1. The summed E-state index contributed by atoms with van der Waals surface area (Å²) in [7, 11) is 0. The van der Waals surface area contributed by atoms with Crippen molar-refractivity contribution in [1.29, 1.82) is 0 Å². The van der Waals surface area contributed by atoms with Crippen LogP contribution in [0.15, 0.2) is 67.3 Å². The Kier molecular flexibility index (Phi) is 10.7. The van der Waals surface area contributed by atoms with E-state index in [1.54, 1.807) is 11.1 Å². The van der Waals surface area contributed by atoms with Crippen LogP contribution in [-0.4, -0.2) is 0 Å². The van der Waals surface area contributed by atoms with E-state index in [4.69, 9.17) is 0 Å². The molecular weight excluding hydrogens is 546 g/mol. The van der Waals surface area contributed by atoms with Crippen molar-refractivity contribution in [3.05, 3.63) is 95.1 Å². The van der Waals surface area contributed by atoms with Gasteiger partial charge in [-0.1, -0.05) is 109 Å². The molecule has 0 amide bonds. The van der Waals surface area contributed by atoms with E-state index in [-0.39, 0.29) is 67.3 Å². The van der Waals surface area contributed by atoms with Crippen molar-refractivity contribution in [3.8, 4) is 11.1 Å². The van der Waals surface area contributed by atoms with Gasteiger partial charge in [0.1, 0.15) is 0 Å². The van der Waals surface area contributed by atoms with Crippen molar-refractivity contribution >= 4 is 0 Å². The summed E-state index contributed by atoms with van der Waals surface area (Å²) in [6, 6.07) is 12.0. The number of fused-ring (bicyclic) bond motifs is 3.